The van der Waals surface area contributed by atoms with Crippen molar-refractivity contribution in [2.75, 3.05) is 20.0 Å². The van der Waals surface area contributed by atoms with Gasteiger partial charge in [-0.3, -0.25) is 4.98 Å². The molecule has 0 aliphatic heterocycles. The average Bonchev–Trinajstić information content (AvgIpc) is 2.36. The summed E-state index contributed by atoms with van der Waals surface area (Å²) in [5, 5.41) is 0. The fraction of sp³-hybridized carbons (Fsp3) is 0.182. The number of rotatable bonds is 3. The number of nitrogens with two attached hydrogens (primary N) is 1. The van der Waals surface area contributed by atoms with Crippen LogP contribution < -0.4 is 20.9 Å². The van der Waals surface area contributed by atoms with Crippen molar-refractivity contribution in [3.05, 3.63) is 28.7 Å². The maximum absolute atomic E-state index is 11.3. The van der Waals surface area contributed by atoms with E-state index < -0.39 is 5.69 Å². The molecule has 1 heterocycles. The van der Waals surface area contributed by atoms with Crippen molar-refractivity contribution in [3.8, 4) is 22.9 Å². The number of nitrogens with zero attached hydrogens (tertiary/aromatic N) is 2. The van der Waals surface area contributed by atoms with E-state index in [1.54, 1.807) is 25.3 Å². The molecule has 3 N–H and O–H groups in total. The second kappa shape index (κ2) is 4.74. The quantitative estimate of drug-likeness (QED) is 0.816. The maximum atomic E-state index is 11.3. The molecule has 1 aromatic carbocycles. The molecule has 7 heteroatoms. The summed E-state index contributed by atoms with van der Waals surface area (Å²) in [6, 6.07) is 5.15. The van der Waals surface area contributed by atoms with Crippen molar-refractivity contribution in [2.24, 2.45) is 0 Å². The fourth-order valence-electron chi connectivity index (χ4n) is 1.53. The average molecular weight is 248 g/mol. The molecule has 0 radical (unpaired) electrons. The summed E-state index contributed by atoms with van der Waals surface area (Å²) >= 11 is 0. The van der Waals surface area contributed by atoms with E-state index in [9.17, 15) is 4.79 Å². The number of ether oxygens (including phenoxy) is 2. The van der Waals surface area contributed by atoms with Gasteiger partial charge in [0.15, 0.2) is 0 Å². The van der Waals surface area contributed by atoms with Crippen LogP contribution in [0, 0.1) is 0 Å². The van der Waals surface area contributed by atoms with E-state index in [0.717, 1.165) is 0 Å². The Morgan fingerprint density at radius 1 is 1.22 bits per heavy atom. The molecule has 0 saturated heterocycles. The zero-order valence-electron chi connectivity index (χ0n) is 9.93. The van der Waals surface area contributed by atoms with Crippen molar-refractivity contribution in [3.63, 3.8) is 0 Å². The van der Waals surface area contributed by atoms with Gasteiger partial charge < -0.3 is 15.2 Å². The molecule has 2 rings (SSSR count). The smallest absolute Gasteiger partial charge is 0.349 e. The van der Waals surface area contributed by atoms with Crippen LogP contribution in [0.2, 0.25) is 0 Å². The molecular weight excluding hydrogens is 236 g/mol. The van der Waals surface area contributed by atoms with Crippen LogP contribution >= 0.6 is 0 Å². The minimum atomic E-state index is -0.567. The molecule has 0 saturated carbocycles. The van der Waals surface area contributed by atoms with Crippen molar-refractivity contribution in [2.45, 2.75) is 0 Å². The van der Waals surface area contributed by atoms with Crippen molar-refractivity contribution in [1.29, 1.82) is 0 Å². The Morgan fingerprint density at radius 2 is 2.00 bits per heavy atom. The molecule has 2 aromatic rings. The first-order valence-corrected chi connectivity index (χ1v) is 5.10. The molecule has 0 unspecified atom stereocenters. The van der Waals surface area contributed by atoms with Gasteiger partial charge in [-0.05, 0) is 18.2 Å². The number of benzene rings is 1. The fourth-order valence-corrected chi connectivity index (χ4v) is 1.53. The molecule has 0 fully saturated rings. The molecule has 1 aromatic heterocycles. The largest absolute Gasteiger partial charge is 0.497 e. The number of aromatic nitrogens is 3. The highest BCUT2D eigenvalue weighted by Crippen LogP contribution is 2.30. The van der Waals surface area contributed by atoms with Crippen LogP contribution in [0.1, 0.15) is 0 Å². The highest BCUT2D eigenvalue weighted by atomic mass is 16.5. The van der Waals surface area contributed by atoms with E-state index in [2.05, 4.69) is 15.0 Å². The molecule has 94 valence electrons. The molecule has 0 aliphatic rings. The van der Waals surface area contributed by atoms with Crippen LogP contribution in [0.4, 0.5) is 5.95 Å². The van der Waals surface area contributed by atoms with E-state index in [-0.39, 0.29) is 11.8 Å². The first-order valence-electron chi connectivity index (χ1n) is 5.10. The van der Waals surface area contributed by atoms with Crippen LogP contribution in [0.3, 0.4) is 0 Å². The molecule has 7 nitrogen and oxygen atoms in total. The van der Waals surface area contributed by atoms with Gasteiger partial charge in [0.25, 0.3) is 0 Å². The third-order valence-corrected chi connectivity index (χ3v) is 2.33. The van der Waals surface area contributed by atoms with Gasteiger partial charge in [0, 0.05) is 0 Å². The second-order valence-corrected chi connectivity index (χ2v) is 3.43. The van der Waals surface area contributed by atoms with Crippen molar-refractivity contribution >= 4 is 5.95 Å². The first kappa shape index (κ1) is 11.9. The lowest BCUT2D eigenvalue weighted by Crippen LogP contribution is -2.15. The molecule has 0 bridgehead atoms. The summed E-state index contributed by atoms with van der Waals surface area (Å²) in [5.41, 5.74) is 5.45. The summed E-state index contributed by atoms with van der Waals surface area (Å²) < 4.78 is 10.3. The Hall–Kier alpha value is -2.57. The highest BCUT2D eigenvalue weighted by Gasteiger charge is 2.11. The SMILES string of the molecule is COc1ccc(OC)c(-c2nc(N)nc(=O)[nH]2)c1. The third-order valence-electron chi connectivity index (χ3n) is 2.33. The zero-order valence-corrected chi connectivity index (χ0v) is 9.93. The number of methoxy groups -OCH3 is 2. The van der Waals surface area contributed by atoms with E-state index >= 15 is 0 Å². The number of aromatic amines is 1. The lowest BCUT2D eigenvalue weighted by molar-refractivity contribution is 0.404. The summed E-state index contributed by atoms with van der Waals surface area (Å²) in [5.74, 6) is 1.34. The molecule has 0 atom stereocenters. The number of anilines is 1. The summed E-state index contributed by atoms with van der Waals surface area (Å²) in [6.45, 7) is 0. The normalized spacial score (nSPS) is 10.1. The lowest BCUT2D eigenvalue weighted by Gasteiger charge is -2.09. The maximum Gasteiger partial charge on any atom is 0.349 e. The Balaban J connectivity index is 2.64. The van der Waals surface area contributed by atoms with E-state index in [1.165, 1.54) is 7.11 Å². The third kappa shape index (κ3) is 2.24. The van der Waals surface area contributed by atoms with E-state index in [4.69, 9.17) is 15.2 Å². The minimum Gasteiger partial charge on any atom is -0.497 e. The molecular formula is C11H12N4O3. The standard InChI is InChI=1S/C11H12N4O3/c1-17-6-3-4-8(18-2)7(5-6)9-13-10(12)15-11(16)14-9/h3-5H,1-2H3,(H3,12,13,14,15,16). The number of hydrogen-bond donors (Lipinski definition) is 2. The van der Waals surface area contributed by atoms with Gasteiger partial charge in [0.1, 0.15) is 17.3 Å². The molecule has 0 aliphatic carbocycles. The van der Waals surface area contributed by atoms with Crippen LogP contribution in [0.5, 0.6) is 11.5 Å². The second-order valence-electron chi connectivity index (χ2n) is 3.43. The summed E-state index contributed by atoms with van der Waals surface area (Å²) in [4.78, 5) is 21.2. The minimum absolute atomic E-state index is 0.0985. The van der Waals surface area contributed by atoms with Crippen LogP contribution in [0.25, 0.3) is 11.4 Å². The summed E-state index contributed by atoms with van der Waals surface area (Å²) in [7, 11) is 3.07. The van der Waals surface area contributed by atoms with E-state index in [0.29, 0.717) is 17.1 Å². The Labute approximate surface area is 103 Å². The van der Waals surface area contributed by atoms with Crippen LogP contribution in [0.15, 0.2) is 23.0 Å². The van der Waals surface area contributed by atoms with Gasteiger partial charge in [-0.1, -0.05) is 0 Å². The Morgan fingerprint density at radius 3 is 2.61 bits per heavy atom. The molecule has 0 amide bonds. The predicted molar refractivity (Wildman–Crippen MR) is 65.6 cm³/mol. The number of H-pyrrole nitrogens is 1. The number of hydrogen-bond acceptors (Lipinski definition) is 6. The van der Waals surface area contributed by atoms with E-state index in [1.807, 2.05) is 0 Å². The zero-order chi connectivity index (χ0) is 13.1. The number of nitrogen functional groups attached to an aromatic ring is 1. The van der Waals surface area contributed by atoms with Crippen LogP contribution in [-0.2, 0) is 0 Å². The van der Waals surface area contributed by atoms with Crippen molar-refractivity contribution in [1.82, 2.24) is 15.0 Å². The van der Waals surface area contributed by atoms with Crippen molar-refractivity contribution < 1.29 is 9.47 Å². The Bertz CT molecular complexity index is 624. The molecule has 18 heavy (non-hydrogen) atoms. The van der Waals surface area contributed by atoms with Crippen LogP contribution in [-0.4, -0.2) is 29.2 Å². The van der Waals surface area contributed by atoms with Gasteiger partial charge in [-0.2, -0.15) is 9.97 Å². The van der Waals surface area contributed by atoms with Gasteiger partial charge >= 0.3 is 5.69 Å². The van der Waals surface area contributed by atoms with Gasteiger partial charge in [-0.25, -0.2) is 4.79 Å². The highest BCUT2D eigenvalue weighted by molar-refractivity contribution is 5.66. The Kier molecular flexibility index (Phi) is 3.13. The number of nitrogens with one attached hydrogen (secondary N) is 1. The summed E-state index contributed by atoms with van der Waals surface area (Å²) in [6.07, 6.45) is 0. The lowest BCUT2D eigenvalue weighted by atomic mass is 10.1. The van der Waals surface area contributed by atoms with Gasteiger partial charge in [0.2, 0.25) is 5.95 Å². The molecule has 0 spiro atoms. The van der Waals surface area contributed by atoms with Gasteiger partial charge in [-0.15, -0.1) is 0 Å². The monoisotopic (exact) mass is 248 g/mol. The first-order chi connectivity index (χ1) is 8.63. The predicted octanol–water partition coefficient (Wildman–Crippen LogP) is 0.431. The topological polar surface area (TPSA) is 103 Å². The van der Waals surface area contributed by atoms with Gasteiger partial charge in [0.05, 0.1) is 19.8 Å².